The summed E-state index contributed by atoms with van der Waals surface area (Å²) in [6.07, 6.45) is 0.621. The summed E-state index contributed by atoms with van der Waals surface area (Å²) >= 11 is 0. The Balaban J connectivity index is 1.67. The number of nitrogens with zero attached hydrogens (tertiary/aromatic N) is 2. The minimum absolute atomic E-state index is 0.201. The van der Waals surface area contributed by atoms with Gasteiger partial charge >= 0.3 is 0 Å². The van der Waals surface area contributed by atoms with E-state index in [4.69, 9.17) is 4.74 Å². The van der Waals surface area contributed by atoms with Gasteiger partial charge in [0.1, 0.15) is 12.3 Å². The quantitative estimate of drug-likeness (QED) is 0.674. The van der Waals surface area contributed by atoms with E-state index < -0.39 is 30.2 Å². The summed E-state index contributed by atoms with van der Waals surface area (Å²) in [5, 5.41) is 2.73. The molecule has 2 aromatic carbocycles. The molecule has 1 aliphatic rings. The molecular formula is C22H23N3O5. The first-order valence-electron chi connectivity index (χ1n) is 9.62. The van der Waals surface area contributed by atoms with Gasteiger partial charge in [0, 0.05) is 6.54 Å². The van der Waals surface area contributed by atoms with Gasteiger partial charge in [-0.1, -0.05) is 31.2 Å². The molecule has 0 bridgehead atoms. The predicted octanol–water partition coefficient (Wildman–Crippen LogP) is 2.17. The maximum Gasteiger partial charge on any atom is 0.262 e. The van der Waals surface area contributed by atoms with Gasteiger partial charge in [-0.3, -0.25) is 24.1 Å². The molecule has 1 N–H and O–H groups in total. The number of methoxy groups -OCH3 is 1. The fourth-order valence-electron chi connectivity index (χ4n) is 3.29. The number of benzene rings is 2. The maximum absolute atomic E-state index is 12.8. The highest BCUT2D eigenvalue weighted by Crippen LogP contribution is 2.24. The Hall–Kier alpha value is -3.68. The molecule has 0 unspecified atom stereocenters. The lowest BCUT2D eigenvalue weighted by molar-refractivity contribution is -0.134. The van der Waals surface area contributed by atoms with E-state index in [1.807, 2.05) is 6.92 Å². The van der Waals surface area contributed by atoms with Crippen LogP contribution in [0.4, 0.5) is 5.69 Å². The van der Waals surface area contributed by atoms with Gasteiger partial charge in [-0.2, -0.15) is 0 Å². The lowest BCUT2D eigenvalue weighted by atomic mass is 10.1. The summed E-state index contributed by atoms with van der Waals surface area (Å²) in [7, 11) is 1.50. The summed E-state index contributed by atoms with van der Waals surface area (Å²) in [5.41, 5.74) is 1.06. The van der Waals surface area contributed by atoms with Crippen LogP contribution in [0.25, 0.3) is 0 Å². The topological polar surface area (TPSA) is 96.0 Å². The monoisotopic (exact) mass is 409 g/mol. The molecule has 8 heteroatoms. The molecule has 0 fully saturated rings. The Morgan fingerprint density at radius 2 is 1.60 bits per heavy atom. The van der Waals surface area contributed by atoms with Crippen LogP contribution in [-0.2, 0) is 9.59 Å². The minimum atomic E-state index is -0.501. The van der Waals surface area contributed by atoms with Crippen molar-refractivity contribution >= 4 is 29.3 Å². The number of hydrogen-bond acceptors (Lipinski definition) is 5. The van der Waals surface area contributed by atoms with E-state index in [0.717, 1.165) is 4.90 Å². The Kier molecular flexibility index (Phi) is 6.46. The number of amides is 4. The number of ether oxygens (including phenoxy) is 1. The number of carbonyl (C=O) groups excluding carboxylic acids is 4. The van der Waals surface area contributed by atoms with Crippen LogP contribution >= 0.6 is 0 Å². The van der Waals surface area contributed by atoms with E-state index >= 15 is 0 Å². The number of carbonyl (C=O) groups is 4. The van der Waals surface area contributed by atoms with Gasteiger partial charge in [0.05, 0.1) is 30.5 Å². The van der Waals surface area contributed by atoms with Crippen LogP contribution in [0, 0.1) is 0 Å². The number of para-hydroxylation sites is 2. The van der Waals surface area contributed by atoms with Crippen molar-refractivity contribution in [2.24, 2.45) is 0 Å². The van der Waals surface area contributed by atoms with Crippen molar-refractivity contribution in [1.29, 1.82) is 0 Å². The van der Waals surface area contributed by atoms with E-state index in [1.54, 1.807) is 48.5 Å². The molecule has 0 saturated carbocycles. The van der Waals surface area contributed by atoms with Gasteiger partial charge in [0.25, 0.3) is 11.8 Å². The number of imide groups is 1. The van der Waals surface area contributed by atoms with Crippen molar-refractivity contribution in [2.75, 3.05) is 32.1 Å². The van der Waals surface area contributed by atoms with Crippen molar-refractivity contribution in [3.05, 3.63) is 59.7 Å². The van der Waals surface area contributed by atoms with Crippen LogP contribution in [0.2, 0.25) is 0 Å². The molecule has 0 spiro atoms. The largest absolute Gasteiger partial charge is 0.495 e. The summed E-state index contributed by atoms with van der Waals surface area (Å²) in [6, 6.07) is 13.4. The fraction of sp³-hybridized carbons (Fsp3) is 0.273. The van der Waals surface area contributed by atoms with Gasteiger partial charge in [-0.05, 0) is 30.7 Å². The van der Waals surface area contributed by atoms with Crippen molar-refractivity contribution < 1.29 is 23.9 Å². The molecule has 30 heavy (non-hydrogen) atoms. The Morgan fingerprint density at radius 3 is 2.20 bits per heavy atom. The third kappa shape index (κ3) is 4.32. The second kappa shape index (κ2) is 9.21. The molecule has 1 heterocycles. The van der Waals surface area contributed by atoms with Gasteiger partial charge in [0.2, 0.25) is 11.8 Å². The molecule has 1 aliphatic heterocycles. The number of hydrogen-bond donors (Lipinski definition) is 1. The van der Waals surface area contributed by atoms with Crippen molar-refractivity contribution in [2.45, 2.75) is 13.3 Å². The molecule has 0 aromatic heterocycles. The fourth-order valence-corrected chi connectivity index (χ4v) is 3.29. The SMILES string of the molecule is CCCN(CC(=O)Nc1ccccc1OC)C(=O)CN1C(=O)c2ccccc2C1=O. The zero-order valence-electron chi connectivity index (χ0n) is 16.9. The summed E-state index contributed by atoms with van der Waals surface area (Å²) in [5.74, 6) is -1.37. The normalized spacial score (nSPS) is 12.5. The summed E-state index contributed by atoms with van der Waals surface area (Å²) < 4.78 is 5.21. The highest BCUT2D eigenvalue weighted by Gasteiger charge is 2.37. The van der Waals surface area contributed by atoms with E-state index in [9.17, 15) is 19.2 Å². The molecule has 0 atom stereocenters. The number of nitrogens with one attached hydrogen (secondary N) is 1. The van der Waals surface area contributed by atoms with Crippen LogP contribution in [-0.4, -0.2) is 60.2 Å². The molecule has 0 aliphatic carbocycles. The maximum atomic E-state index is 12.8. The zero-order valence-corrected chi connectivity index (χ0v) is 16.9. The Morgan fingerprint density at radius 1 is 1.00 bits per heavy atom. The third-order valence-corrected chi connectivity index (χ3v) is 4.73. The standard InChI is InChI=1S/C22H23N3O5/c1-3-12-24(13-19(26)23-17-10-6-7-11-18(17)30-2)20(27)14-25-21(28)15-8-4-5-9-16(15)22(25)29/h4-11H,3,12-14H2,1-2H3,(H,23,26). The Labute approximate surface area is 174 Å². The third-order valence-electron chi connectivity index (χ3n) is 4.73. The minimum Gasteiger partial charge on any atom is -0.495 e. The molecule has 3 rings (SSSR count). The molecule has 156 valence electrons. The average Bonchev–Trinajstić information content (AvgIpc) is 2.99. The number of fused-ring (bicyclic) bond motifs is 1. The van der Waals surface area contributed by atoms with Gasteiger partial charge < -0.3 is 15.0 Å². The second-order valence-corrected chi connectivity index (χ2v) is 6.81. The highest BCUT2D eigenvalue weighted by atomic mass is 16.5. The average molecular weight is 409 g/mol. The molecule has 8 nitrogen and oxygen atoms in total. The van der Waals surface area contributed by atoms with E-state index in [-0.39, 0.29) is 17.7 Å². The van der Waals surface area contributed by atoms with Crippen LogP contribution in [0.15, 0.2) is 48.5 Å². The highest BCUT2D eigenvalue weighted by molar-refractivity contribution is 6.22. The van der Waals surface area contributed by atoms with Crippen LogP contribution in [0.3, 0.4) is 0 Å². The van der Waals surface area contributed by atoms with Crippen LogP contribution < -0.4 is 10.1 Å². The van der Waals surface area contributed by atoms with E-state index in [0.29, 0.717) is 24.4 Å². The Bertz CT molecular complexity index is 953. The van der Waals surface area contributed by atoms with E-state index in [2.05, 4.69) is 5.32 Å². The number of rotatable bonds is 8. The van der Waals surface area contributed by atoms with Crippen molar-refractivity contribution in [3.63, 3.8) is 0 Å². The summed E-state index contributed by atoms with van der Waals surface area (Å²) in [4.78, 5) is 52.6. The first kappa shape index (κ1) is 21.0. The summed E-state index contributed by atoms with van der Waals surface area (Å²) in [6.45, 7) is 1.59. The molecular weight excluding hydrogens is 386 g/mol. The smallest absolute Gasteiger partial charge is 0.262 e. The van der Waals surface area contributed by atoms with E-state index in [1.165, 1.54) is 12.0 Å². The second-order valence-electron chi connectivity index (χ2n) is 6.81. The lowest BCUT2D eigenvalue weighted by Crippen LogP contribution is -2.45. The van der Waals surface area contributed by atoms with Gasteiger partial charge in [-0.15, -0.1) is 0 Å². The first-order chi connectivity index (χ1) is 14.5. The molecule has 0 saturated heterocycles. The van der Waals surface area contributed by atoms with Gasteiger partial charge in [-0.25, -0.2) is 0 Å². The van der Waals surface area contributed by atoms with Crippen molar-refractivity contribution in [3.8, 4) is 5.75 Å². The van der Waals surface area contributed by atoms with Crippen LogP contribution in [0.5, 0.6) is 5.75 Å². The van der Waals surface area contributed by atoms with Gasteiger partial charge in [0.15, 0.2) is 0 Å². The zero-order chi connectivity index (χ0) is 21.7. The van der Waals surface area contributed by atoms with Crippen LogP contribution in [0.1, 0.15) is 34.1 Å². The molecule has 2 aromatic rings. The first-order valence-corrected chi connectivity index (χ1v) is 9.62. The predicted molar refractivity (Wildman–Crippen MR) is 110 cm³/mol. The lowest BCUT2D eigenvalue weighted by Gasteiger charge is -2.24. The number of anilines is 1. The molecule has 4 amide bonds. The molecule has 0 radical (unpaired) electrons. The van der Waals surface area contributed by atoms with Crippen molar-refractivity contribution in [1.82, 2.24) is 9.80 Å².